The van der Waals surface area contributed by atoms with Crippen LogP contribution in [0.2, 0.25) is 0 Å². The molecule has 0 saturated heterocycles. The van der Waals surface area contributed by atoms with E-state index in [0.29, 0.717) is 22.2 Å². The highest BCUT2D eigenvalue weighted by Crippen LogP contribution is 2.45. The molecule has 0 fully saturated rings. The van der Waals surface area contributed by atoms with Gasteiger partial charge < -0.3 is 24.4 Å². The number of carbonyl (C=O) groups is 1. The molecule has 0 radical (unpaired) electrons. The molecule has 5 aromatic rings. The normalized spacial score (nSPS) is 15.2. The van der Waals surface area contributed by atoms with Gasteiger partial charge in [0.25, 0.3) is 5.56 Å². The number of benzene rings is 3. The molecule has 1 aliphatic rings. The van der Waals surface area contributed by atoms with Crippen molar-refractivity contribution in [2.45, 2.75) is 12.3 Å². The van der Waals surface area contributed by atoms with Crippen LogP contribution >= 0.6 is 0 Å². The smallest absolute Gasteiger partial charge is 0.312 e. The number of aromatic hydroxyl groups is 2. The molecule has 0 bridgehead atoms. The van der Waals surface area contributed by atoms with E-state index < -0.39 is 23.1 Å². The molecule has 172 valence electrons. The number of pyridine rings is 1. The number of fused-ring (bicyclic) bond motifs is 4. The monoisotopic (exact) mass is 467 g/mol. The maximum Gasteiger partial charge on any atom is 0.312 e. The molecule has 0 saturated carbocycles. The van der Waals surface area contributed by atoms with Gasteiger partial charge in [0.1, 0.15) is 34.5 Å². The number of ether oxygens (including phenoxy) is 1. The van der Waals surface area contributed by atoms with Gasteiger partial charge in [0.05, 0.1) is 12.0 Å². The van der Waals surface area contributed by atoms with Gasteiger partial charge in [0, 0.05) is 28.6 Å². The van der Waals surface area contributed by atoms with Crippen molar-refractivity contribution in [1.82, 2.24) is 4.98 Å². The van der Waals surface area contributed by atoms with Crippen LogP contribution in [0.4, 0.5) is 0 Å². The summed E-state index contributed by atoms with van der Waals surface area (Å²) in [5, 5.41) is 21.0. The Labute approximate surface area is 196 Å². The number of esters is 1. The topological polar surface area (TPSA) is 130 Å². The third-order valence-electron chi connectivity index (χ3n) is 6.31. The quantitative estimate of drug-likeness (QED) is 0.263. The van der Waals surface area contributed by atoms with Gasteiger partial charge >= 0.3 is 5.97 Å². The van der Waals surface area contributed by atoms with Crippen LogP contribution in [0.15, 0.2) is 80.9 Å². The maximum atomic E-state index is 13.4. The van der Waals surface area contributed by atoms with Crippen LogP contribution < -0.4 is 15.7 Å². The minimum Gasteiger partial charge on any atom is -0.508 e. The number of nitrogens with one attached hydrogen (secondary N) is 1. The predicted molar refractivity (Wildman–Crippen MR) is 128 cm³/mol. The van der Waals surface area contributed by atoms with E-state index in [0.717, 1.165) is 5.39 Å². The summed E-state index contributed by atoms with van der Waals surface area (Å²) >= 11 is 0. The Kier molecular flexibility index (Phi) is 4.50. The Bertz CT molecular complexity index is 1780. The largest absolute Gasteiger partial charge is 0.508 e. The molecule has 8 nitrogen and oxygen atoms in total. The number of hydrogen-bond acceptors (Lipinski definition) is 7. The molecule has 0 aliphatic carbocycles. The van der Waals surface area contributed by atoms with Crippen molar-refractivity contribution in [2.24, 2.45) is 0 Å². The van der Waals surface area contributed by atoms with Crippen molar-refractivity contribution >= 4 is 27.8 Å². The van der Waals surface area contributed by atoms with Gasteiger partial charge in [-0.1, -0.05) is 30.3 Å². The number of hydrogen-bond donors (Lipinski definition) is 3. The number of H-pyrrole nitrogens is 1. The molecule has 1 atom stereocenters. The van der Waals surface area contributed by atoms with Crippen LogP contribution in [-0.4, -0.2) is 21.2 Å². The van der Waals surface area contributed by atoms with E-state index in [9.17, 15) is 24.6 Å². The predicted octanol–water partition coefficient (Wildman–Crippen LogP) is 4.15. The number of para-hydroxylation sites is 1. The number of aromatic amines is 1. The standard InChI is InChI=1S/C27H17NO7/c29-15-7-5-13(6-8-15)18-12-34-26-23-16(17-9-14-3-1-2-4-19(14)28-27(17)33)10-22(31)35-21(23)11-20(30)24(26)25(18)32/h1-9,11-12,16,29-30H,10H2,(H,28,33)/t16-/m1/s1. The van der Waals surface area contributed by atoms with Crippen molar-refractivity contribution in [3.63, 3.8) is 0 Å². The van der Waals surface area contributed by atoms with Crippen LogP contribution in [0.1, 0.15) is 23.5 Å². The lowest BCUT2D eigenvalue weighted by molar-refractivity contribution is -0.135. The number of carbonyl (C=O) groups excluding carboxylic acids is 1. The van der Waals surface area contributed by atoms with Gasteiger partial charge in [-0.05, 0) is 35.2 Å². The van der Waals surface area contributed by atoms with Crippen LogP contribution in [-0.2, 0) is 4.79 Å². The molecule has 0 spiro atoms. The summed E-state index contributed by atoms with van der Waals surface area (Å²) in [4.78, 5) is 41.7. The summed E-state index contributed by atoms with van der Waals surface area (Å²) < 4.78 is 11.2. The van der Waals surface area contributed by atoms with Crippen molar-refractivity contribution in [3.05, 3.63) is 98.6 Å². The molecular weight excluding hydrogens is 450 g/mol. The second kappa shape index (κ2) is 7.59. The molecule has 0 amide bonds. The van der Waals surface area contributed by atoms with Gasteiger partial charge in [-0.15, -0.1) is 0 Å². The van der Waals surface area contributed by atoms with Crippen LogP contribution in [0.25, 0.3) is 33.0 Å². The van der Waals surface area contributed by atoms with Gasteiger partial charge in [-0.3, -0.25) is 14.4 Å². The highest BCUT2D eigenvalue weighted by molar-refractivity contribution is 5.94. The first kappa shape index (κ1) is 20.7. The van der Waals surface area contributed by atoms with Gasteiger partial charge in [-0.2, -0.15) is 0 Å². The van der Waals surface area contributed by atoms with E-state index in [1.807, 2.05) is 18.2 Å². The van der Waals surface area contributed by atoms with Crippen molar-refractivity contribution in [1.29, 1.82) is 0 Å². The number of phenols is 2. The molecule has 8 heteroatoms. The zero-order chi connectivity index (χ0) is 24.3. The minimum atomic E-state index is -0.759. The van der Waals surface area contributed by atoms with E-state index in [1.54, 1.807) is 24.3 Å². The van der Waals surface area contributed by atoms with Crippen LogP contribution in [0.3, 0.4) is 0 Å². The first-order chi connectivity index (χ1) is 16.9. The Morgan fingerprint density at radius 2 is 1.71 bits per heavy atom. The molecule has 3 N–H and O–H groups in total. The van der Waals surface area contributed by atoms with E-state index >= 15 is 0 Å². The number of phenolic OH excluding ortho intramolecular Hbond substituents is 2. The van der Waals surface area contributed by atoms with E-state index in [2.05, 4.69) is 4.98 Å². The Morgan fingerprint density at radius 1 is 0.943 bits per heavy atom. The lowest BCUT2D eigenvalue weighted by Gasteiger charge is -2.25. The first-order valence-electron chi connectivity index (χ1n) is 10.8. The van der Waals surface area contributed by atoms with Gasteiger partial charge in [0.2, 0.25) is 5.43 Å². The molecule has 1 aliphatic heterocycles. The first-order valence-corrected chi connectivity index (χ1v) is 10.8. The van der Waals surface area contributed by atoms with Crippen LogP contribution in [0.5, 0.6) is 17.2 Å². The number of rotatable bonds is 2. The Balaban J connectivity index is 1.63. The van der Waals surface area contributed by atoms with E-state index in [-0.39, 0.29) is 40.0 Å². The minimum absolute atomic E-state index is 0.0318. The summed E-state index contributed by atoms with van der Waals surface area (Å²) in [6.45, 7) is 0. The molecular formula is C27H17NO7. The average molecular weight is 467 g/mol. The summed E-state index contributed by atoms with van der Waals surface area (Å²) in [5.74, 6) is -1.67. The Hall–Kier alpha value is -4.85. The maximum absolute atomic E-state index is 13.4. The molecule has 0 unspecified atom stereocenters. The molecule has 3 aromatic carbocycles. The Morgan fingerprint density at radius 3 is 2.51 bits per heavy atom. The molecule has 6 rings (SSSR count). The zero-order valence-electron chi connectivity index (χ0n) is 18.1. The second-order valence-corrected chi connectivity index (χ2v) is 8.41. The summed E-state index contributed by atoms with van der Waals surface area (Å²) in [5.41, 5.74) is 1.15. The lowest BCUT2D eigenvalue weighted by atomic mass is 9.85. The summed E-state index contributed by atoms with van der Waals surface area (Å²) in [6, 6.07) is 16.2. The number of aromatic nitrogens is 1. The fourth-order valence-electron chi connectivity index (χ4n) is 4.66. The molecule has 3 heterocycles. The van der Waals surface area contributed by atoms with E-state index in [4.69, 9.17) is 9.15 Å². The van der Waals surface area contributed by atoms with Crippen LogP contribution in [0, 0.1) is 0 Å². The average Bonchev–Trinajstić information content (AvgIpc) is 2.83. The van der Waals surface area contributed by atoms with Gasteiger partial charge in [-0.25, -0.2) is 0 Å². The summed E-state index contributed by atoms with van der Waals surface area (Å²) in [7, 11) is 0. The lowest BCUT2D eigenvalue weighted by Crippen LogP contribution is -2.26. The molecule has 35 heavy (non-hydrogen) atoms. The third kappa shape index (κ3) is 3.26. The van der Waals surface area contributed by atoms with Crippen molar-refractivity contribution in [3.8, 4) is 28.4 Å². The fraction of sp³-hybridized carbons (Fsp3) is 0.0741. The molecule has 2 aromatic heterocycles. The summed E-state index contributed by atoms with van der Waals surface area (Å²) in [6.07, 6.45) is 1.12. The van der Waals surface area contributed by atoms with Gasteiger partial charge in [0.15, 0.2) is 0 Å². The third-order valence-corrected chi connectivity index (χ3v) is 6.31. The van der Waals surface area contributed by atoms with Crippen molar-refractivity contribution < 1.29 is 24.2 Å². The SMILES string of the molecule is O=C1C[C@H](c2cc3ccccc3[nH]c2=O)c2c(cc(O)c3c(=O)c(-c4ccc(O)cc4)coc23)O1. The van der Waals surface area contributed by atoms with E-state index in [1.165, 1.54) is 24.5 Å². The second-order valence-electron chi connectivity index (χ2n) is 8.41. The highest BCUT2D eigenvalue weighted by atomic mass is 16.5. The fourth-order valence-corrected chi connectivity index (χ4v) is 4.66. The zero-order valence-corrected chi connectivity index (χ0v) is 18.1. The highest BCUT2D eigenvalue weighted by Gasteiger charge is 2.35. The van der Waals surface area contributed by atoms with Crippen molar-refractivity contribution in [2.75, 3.05) is 0 Å².